The smallest absolute Gasteiger partial charge is 0.268 e. The molecule has 0 saturated carbocycles. The maximum Gasteiger partial charge on any atom is 0.268 e. The van der Waals surface area contributed by atoms with Crippen LogP contribution in [0.1, 0.15) is 11.1 Å². The van der Waals surface area contributed by atoms with Gasteiger partial charge < -0.3 is 10.1 Å². The second-order valence-electron chi connectivity index (χ2n) is 9.67. The highest BCUT2D eigenvalue weighted by molar-refractivity contribution is 7.93. The summed E-state index contributed by atoms with van der Waals surface area (Å²) in [4.78, 5) is 13.4. The van der Waals surface area contributed by atoms with Crippen molar-refractivity contribution in [3.8, 4) is 5.75 Å². The van der Waals surface area contributed by atoms with Crippen LogP contribution in [0.25, 0.3) is 0 Å². The first-order valence-corrected chi connectivity index (χ1v) is 16.2. The number of sulfonamides is 2. The van der Waals surface area contributed by atoms with E-state index >= 15 is 0 Å². The highest BCUT2D eigenvalue weighted by atomic mass is 35.5. The van der Waals surface area contributed by atoms with Gasteiger partial charge in [-0.05, 0) is 85.1 Å². The average Bonchev–Trinajstić information content (AvgIpc) is 3.41. The summed E-state index contributed by atoms with van der Waals surface area (Å²) in [5.41, 5.74) is 2.59. The molecule has 218 valence electrons. The Morgan fingerprint density at radius 1 is 0.952 bits per heavy atom. The van der Waals surface area contributed by atoms with Gasteiger partial charge in [0.15, 0.2) is 0 Å². The summed E-state index contributed by atoms with van der Waals surface area (Å²) in [6.45, 7) is 1.48. The SMILES string of the molecule is COc1ccc(C)cc1S(=O)(=O)N(CC(=O)Nc1ccc2c(c1)N(S(=O)(=O)c1ccc(Cl)cc1)CC2)c1ccccc1. The van der Waals surface area contributed by atoms with E-state index in [2.05, 4.69) is 5.32 Å². The summed E-state index contributed by atoms with van der Waals surface area (Å²) in [5, 5.41) is 3.16. The highest BCUT2D eigenvalue weighted by Gasteiger charge is 2.32. The van der Waals surface area contributed by atoms with Gasteiger partial charge in [-0.3, -0.25) is 13.4 Å². The van der Waals surface area contributed by atoms with Gasteiger partial charge in [0.25, 0.3) is 20.0 Å². The molecule has 0 spiro atoms. The number of para-hydroxylation sites is 1. The third kappa shape index (κ3) is 5.80. The predicted octanol–water partition coefficient (Wildman–Crippen LogP) is 5.24. The topological polar surface area (TPSA) is 113 Å². The summed E-state index contributed by atoms with van der Waals surface area (Å²) >= 11 is 5.94. The molecule has 0 bridgehead atoms. The number of halogens is 1. The van der Waals surface area contributed by atoms with Gasteiger partial charge in [-0.25, -0.2) is 16.8 Å². The van der Waals surface area contributed by atoms with Crippen LogP contribution in [0.4, 0.5) is 17.1 Å². The number of anilines is 3. The second-order valence-corrected chi connectivity index (χ2v) is 13.8. The number of aryl methyl sites for hydroxylation is 1. The van der Waals surface area contributed by atoms with Gasteiger partial charge in [0.2, 0.25) is 5.91 Å². The Morgan fingerprint density at radius 3 is 2.36 bits per heavy atom. The van der Waals surface area contributed by atoms with Crippen molar-refractivity contribution >= 4 is 54.6 Å². The van der Waals surface area contributed by atoms with E-state index in [9.17, 15) is 21.6 Å². The molecule has 4 aromatic rings. The largest absolute Gasteiger partial charge is 0.495 e. The molecule has 0 aromatic heterocycles. The van der Waals surface area contributed by atoms with Crippen molar-refractivity contribution in [1.82, 2.24) is 0 Å². The molecule has 0 saturated heterocycles. The third-order valence-electron chi connectivity index (χ3n) is 6.84. The van der Waals surface area contributed by atoms with Crippen LogP contribution in [-0.4, -0.2) is 42.9 Å². The minimum atomic E-state index is -4.23. The first kappa shape index (κ1) is 29.4. The van der Waals surface area contributed by atoms with Crippen molar-refractivity contribution in [1.29, 1.82) is 0 Å². The quantitative estimate of drug-likeness (QED) is 0.272. The molecule has 1 aliphatic rings. The molecular weight excluding hydrogens is 598 g/mol. The van der Waals surface area contributed by atoms with Crippen molar-refractivity contribution in [2.24, 2.45) is 0 Å². The van der Waals surface area contributed by atoms with Gasteiger partial charge in [-0.15, -0.1) is 0 Å². The summed E-state index contributed by atoms with van der Waals surface area (Å²) in [5.74, 6) is -0.457. The lowest BCUT2D eigenvalue weighted by atomic mass is 10.1. The fourth-order valence-corrected chi connectivity index (χ4v) is 8.04. The van der Waals surface area contributed by atoms with Crippen LogP contribution in [0.15, 0.2) is 101 Å². The molecule has 1 aliphatic heterocycles. The molecule has 0 aliphatic carbocycles. The molecule has 1 N–H and O–H groups in total. The van der Waals surface area contributed by atoms with Crippen molar-refractivity contribution in [3.63, 3.8) is 0 Å². The van der Waals surface area contributed by atoms with E-state index in [1.54, 1.807) is 67.6 Å². The molecule has 1 heterocycles. The van der Waals surface area contributed by atoms with E-state index in [0.29, 0.717) is 34.1 Å². The number of methoxy groups -OCH3 is 1. The third-order valence-corrected chi connectivity index (χ3v) is 10.7. The molecule has 9 nitrogen and oxygen atoms in total. The zero-order valence-corrected chi connectivity index (χ0v) is 25.2. The van der Waals surface area contributed by atoms with E-state index in [4.69, 9.17) is 16.3 Å². The van der Waals surface area contributed by atoms with Crippen LogP contribution in [0, 0.1) is 6.92 Å². The van der Waals surface area contributed by atoms with E-state index in [1.165, 1.54) is 41.7 Å². The number of nitrogens with one attached hydrogen (secondary N) is 1. The fraction of sp³-hybridized carbons (Fsp3) is 0.167. The molecule has 0 unspecified atom stereocenters. The number of fused-ring (bicyclic) bond motifs is 1. The van der Waals surface area contributed by atoms with Crippen LogP contribution >= 0.6 is 11.6 Å². The zero-order chi connectivity index (χ0) is 30.1. The Labute approximate surface area is 250 Å². The molecule has 0 fully saturated rings. The van der Waals surface area contributed by atoms with Crippen LogP contribution in [0.2, 0.25) is 5.02 Å². The molecule has 1 amide bonds. The Balaban J connectivity index is 1.43. The Bertz CT molecular complexity index is 1850. The van der Waals surface area contributed by atoms with Gasteiger partial charge in [0.05, 0.1) is 23.4 Å². The number of ether oxygens (including phenoxy) is 1. The molecule has 12 heteroatoms. The maximum absolute atomic E-state index is 13.9. The van der Waals surface area contributed by atoms with Gasteiger partial charge in [-0.1, -0.05) is 41.9 Å². The van der Waals surface area contributed by atoms with Gasteiger partial charge in [0.1, 0.15) is 17.2 Å². The first-order valence-electron chi connectivity index (χ1n) is 12.9. The standard InChI is InChI=1S/C30H28ClN3O6S2/c1-21-8-15-28(40-2)29(18-21)42(38,39)34(25-6-4-3-5-7-25)20-30(35)32-24-12-9-22-16-17-33(27(22)19-24)41(36,37)26-13-10-23(31)11-14-26/h3-15,18-19H,16-17,20H2,1-2H3,(H,32,35). The predicted molar refractivity (Wildman–Crippen MR) is 163 cm³/mol. The Kier molecular flexibility index (Phi) is 8.18. The molecule has 0 atom stereocenters. The van der Waals surface area contributed by atoms with Crippen LogP contribution < -0.4 is 18.7 Å². The number of nitrogens with zero attached hydrogens (tertiary/aromatic N) is 2. The number of hydrogen-bond acceptors (Lipinski definition) is 6. The molecule has 0 radical (unpaired) electrons. The zero-order valence-electron chi connectivity index (χ0n) is 22.8. The number of amides is 1. The number of carbonyl (C=O) groups excluding carboxylic acids is 1. The molecular formula is C30H28ClN3O6S2. The van der Waals surface area contributed by atoms with E-state index in [1.807, 2.05) is 0 Å². The van der Waals surface area contributed by atoms with Gasteiger partial charge >= 0.3 is 0 Å². The normalized spacial score (nSPS) is 13.0. The van der Waals surface area contributed by atoms with Crippen molar-refractivity contribution in [3.05, 3.63) is 107 Å². The number of hydrogen-bond donors (Lipinski definition) is 1. The summed E-state index contributed by atoms with van der Waals surface area (Å²) in [6.07, 6.45) is 0.509. The van der Waals surface area contributed by atoms with Gasteiger partial charge in [0, 0.05) is 17.3 Å². The minimum Gasteiger partial charge on any atom is -0.495 e. The summed E-state index contributed by atoms with van der Waals surface area (Å²) < 4.78 is 62.2. The molecule has 5 rings (SSSR count). The van der Waals surface area contributed by atoms with E-state index in [-0.39, 0.29) is 22.1 Å². The number of carbonyl (C=O) groups is 1. The summed E-state index contributed by atoms with van der Waals surface area (Å²) in [7, 11) is -6.71. The average molecular weight is 626 g/mol. The van der Waals surface area contributed by atoms with E-state index in [0.717, 1.165) is 9.87 Å². The van der Waals surface area contributed by atoms with Gasteiger partial charge in [-0.2, -0.15) is 0 Å². The Morgan fingerprint density at radius 2 is 1.67 bits per heavy atom. The van der Waals surface area contributed by atoms with Crippen LogP contribution in [-0.2, 0) is 31.3 Å². The molecule has 4 aromatic carbocycles. The summed E-state index contributed by atoms with van der Waals surface area (Å²) in [6, 6.07) is 24.0. The molecule has 42 heavy (non-hydrogen) atoms. The second kappa shape index (κ2) is 11.7. The van der Waals surface area contributed by atoms with Crippen molar-refractivity contribution in [2.45, 2.75) is 23.1 Å². The van der Waals surface area contributed by atoms with Crippen LogP contribution in [0.3, 0.4) is 0 Å². The van der Waals surface area contributed by atoms with Crippen LogP contribution in [0.5, 0.6) is 5.75 Å². The minimum absolute atomic E-state index is 0.0674. The first-order chi connectivity index (χ1) is 20.0. The fourth-order valence-electron chi connectivity index (χ4n) is 4.76. The lowest BCUT2D eigenvalue weighted by Crippen LogP contribution is -2.38. The number of benzene rings is 4. The monoisotopic (exact) mass is 625 g/mol. The highest BCUT2D eigenvalue weighted by Crippen LogP contribution is 2.36. The van der Waals surface area contributed by atoms with Crippen molar-refractivity contribution < 1.29 is 26.4 Å². The van der Waals surface area contributed by atoms with Crippen molar-refractivity contribution in [2.75, 3.05) is 34.1 Å². The van der Waals surface area contributed by atoms with E-state index < -0.39 is 32.5 Å². The lowest BCUT2D eigenvalue weighted by molar-refractivity contribution is -0.114. The number of rotatable bonds is 9. The maximum atomic E-state index is 13.9. The lowest BCUT2D eigenvalue weighted by Gasteiger charge is -2.25. The Hall–Kier alpha value is -4.06.